The summed E-state index contributed by atoms with van der Waals surface area (Å²) in [7, 11) is 1.60. The minimum atomic E-state index is -0.798. The fraction of sp³-hybridized carbons (Fsp3) is 0.333. The second-order valence-corrected chi connectivity index (χ2v) is 6.74. The van der Waals surface area contributed by atoms with E-state index in [4.69, 9.17) is 9.47 Å². The molecule has 3 rings (SSSR count). The molecule has 0 aromatic heterocycles. The zero-order valence-electron chi connectivity index (χ0n) is 15.1. The minimum Gasteiger partial charge on any atom is -0.445 e. The molecular weight excluding hydrogens is 330 g/mol. The number of benzene rings is 2. The molecular formula is C21H23NO4. The van der Waals surface area contributed by atoms with Gasteiger partial charge in [0.2, 0.25) is 0 Å². The van der Waals surface area contributed by atoms with Gasteiger partial charge in [0, 0.05) is 13.5 Å². The van der Waals surface area contributed by atoms with E-state index >= 15 is 0 Å². The van der Waals surface area contributed by atoms with Crippen molar-refractivity contribution in [3.05, 3.63) is 71.8 Å². The molecule has 1 amide bonds. The highest BCUT2D eigenvalue weighted by Gasteiger charge is 2.51. The van der Waals surface area contributed by atoms with Gasteiger partial charge in [0.25, 0.3) is 0 Å². The van der Waals surface area contributed by atoms with Gasteiger partial charge in [-0.25, -0.2) is 4.79 Å². The van der Waals surface area contributed by atoms with E-state index in [1.54, 1.807) is 14.0 Å². The summed E-state index contributed by atoms with van der Waals surface area (Å²) in [6, 6.07) is 18.5. The van der Waals surface area contributed by atoms with Crippen LogP contribution < -0.4 is 0 Å². The van der Waals surface area contributed by atoms with Gasteiger partial charge in [-0.3, -0.25) is 4.79 Å². The topological polar surface area (TPSA) is 59.1 Å². The number of nitrogens with zero attached hydrogens (tertiary/aromatic N) is 1. The van der Waals surface area contributed by atoms with Gasteiger partial charge < -0.3 is 14.4 Å². The van der Waals surface area contributed by atoms with Crippen molar-refractivity contribution in [1.82, 2.24) is 4.90 Å². The molecule has 0 N–H and O–H groups in total. The van der Waals surface area contributed by atoms with E-state index in [1.165, 1.54) is 4.90 Å². The Bertz CT molecular complexity index is 756. The van der Waals surface area contributed by atoms with E-state index in [-0.39, 0.29) is 12.4 Å². The molecule has 0 radical (unpaired) electrons. The highest BCUT2D eigenvalue weighted by Crippen LogP contribution is 2.30. The van der Waals surface area contributed by atoms with E-state index in [0.717, 1.165) is 11.1 Å². The first-order valence-corrected chi connectivity index (χ1v) is 8.65. The lowest BCUT2D eigenvalue weighted by Crippen LogP contribution is -2.48. The van der Waals surface area contributed by atoms with Crippen LogP contribution in [0.1, 0.15) is 18.1 Å². The molecule has 1 saturated heterocycles. The Kier molecular flexibility index (Phi) is 5.38. The maximum Gasteiger partial charge on any atom is 0.410 e. The van der Waals surface area contributed by atoms with E-state index < -0.39 is 17.7 Å². The molecule has 2 atom stereocenters. The summed E-state index contributed by atoms with van der Waals surface area (Å²) in [5.74, 6) is -0.0967. The van der Waals surface area contributed by atoms with E-state index in [9.17, 15) is 9.59 Å². The number of likely N-dealkylation sites (N-methyl/N-ethyl adjacent to an activating group) is 1. The van der Waals surface area contributed by atoms with Crippen molar-refractivity contribution in [2.24, 2.45) is 0 Å². The van der Waals surface area contributed by atoms with Crippen LogP contribution in [0.15, 0.2) is 60.7 Å². The first kappa shape index (κ1) is 18.1. The first-order chi connectivity index (χ1) is 12.5. The lowest BCUT2D eigenvalue weighted by Gasteiger charge is -2.28. The molecule has 5 heteroatoms. The van der Waals surface area contributed by atoms with Crippen molar-refractivity contribution < 1.29 is 19.1 Å². The fourth-order valence-corrected chi connectivity index (χ4v) is 2.79. The first-order valence-electron chi connectivity index (χ1n) is 8.65. The Morgan fingerprint density at radius 3 is 2.15 bits per heavy atom. The predicted molar refractivity (Wildman–Crippen MR) is 97.7 cm³/mol. The number of epoxide rings is 1. The number of hydrogen-bond donors (Lipinski definition) is 0. The SMILES string of the molecule is CN(C(=O)OCc1ccccc1)[C@@H](Cc1ccccc1)C(=O)[C@@]1(C)CO1. The van der Waals surface area contributed by atoms with Crippen LogP contribution in [0.3, 0.4) is 0 Å². The van der Waals surface area contributed by atoms with Crippen molar-refractivity contribution in [3.8, 4) is 0 Å². The molecule has 0 bridgehead atoms. The number of carbonyl (C=O) groups is 2. The van der Waals surface area contributed by atoms with Gasteiger partial charge in [0.15, 0.2) is 5.78 Å². The number of carbonyl (C=O) groups excluding carboxylic acids is 2. The highest BCUT2D eigenvalue weighted by atomic mass is 16.6. The number of amides is 1. The molecule has 1 heterocycles. The average Bonchev–Trinajstić information content (AvgIpc) is 3.43. The molecule has 0 spiro atoms. The number of ketones is 1. The fourth-order valence-electron chi connectivity index (χ4n) is 2.79. The Morgan fingerprint density at radius 2 is 1.62 bits per heavy atom. The van der Waals surface area contributed by atoms with Crippen LogP contribution in [0.2, 0.25) is 0 Å². The normalized spacial score (nSPS) is 19.5. The number of hydrogen-bond acceptors (Lipinski definition) is 4. The second-order valence-electron chi connectivity index (χ2n) is 6.74. The van der Waals surface area contributed by atoms with Gasteiger partial charge in [-0.05, 0) is 18.1 Å². The monoisotopic (exact) mass is 353 g/mol. The third-order valence-electron chi connectivity index (χ3n) is 4.63. The molecule has 136 valence electrons. The highest BCUT2D eigenvalue weighted by molar-refractivity contribution is 5.95. The van der Waals surface area contributed by atoms with E-state index in [2.05, 4.69) is 0 Å². The van der Waals surface area contributed by atoms with Crippen molar-refractivity contribution in [1.29, 1.82) is 0 Å². The molecule has 1 fully saturated rings. The Labute approximate surface area is 153 Å². The summed E-state index contributed by atoms with van der Waals surface area (Å²) >= 11 is 0. The smallest absolute Gasteiger partial charge is 0.410 e. The van der Waals surface area contributed by atoms with Crippen LogP contribution >= 0.6 is 0 Å². The van der Waals surface area contributed by atoms with Crippen molar-refractivity contribution >= 4 is 11.9 Å². The molecule has 5 nitrogen and oxygen atoms in total. The average molecular weight is 353 g/mol. The molecule has 0 unspecified atom stereocenters. The van der Waals surface area contributed by atoms with Crippen LogP contribution in [-0.4, -0.2) is 42.1 Å². The van der Waals surface area contributed by atoms with Crippen molar-refractivity contribution in [2.45, 2.75) is 31.6 Å². The zero-order valence-corrected chi connectivity index (χ0v) is 15.1. The third kappa shape index (κ3) is 4.29. The molecule has 1 aliphatic heterocycles. The molecule has 1 aliphatic rings. The van der Waals surface area contributed by atoms with Gasteiger partial charge in [-0.1, -0.05) is 60.7 Å². The third-order valence-corrected chi connectivity index (χ3v) is 4.63. The summed E-state index contributed by atoms with van der Waals surface area (Å²) in [6.07, 6.45) is -0.0948. The number of rotatable bonds is 7. The molecule has 2 aromatic carbocycles. The summed E-state index contributed by atoms with van der Waals surface area (Å²) < 4.78 is 10.7. The summed E-state index contributed by atoms with van der Waals surface area (Å²) in [5, 5.41) is 0. The van der Waals surface area contributed by atoms with E-state index in [0.29, 0.717) is 13.0 Å². The number of ether oxygens (including phenoxy) is 2. The zero-order chi connectivity index (χ0) is 18.6. The van der Waals surface area contributed by atoms with Crippen LogP contribution in [-0.2, 0) is 27.3 Å². The van der Waals surface area contributed by atoms with E-state index in [1.807, 2.05) is 60.7 Å². The van der Waals surface area contributed by atoms with Crippen molar-refractivity contribution in [3.63, 3.8) is 0 Å². The molecule has 2 aromatic rings. The van der Waals surface area contributed by atoms with Gasteiger partial charge >= 0.3 is 6.09 Å². The standard InChI is InChI=1S/C21H23NO4/c1-21(15-26-21)19(23)18(13-16-9-5-3-6-10-16)22(2)20(24)25-14-17-11-7-4-8-12-17/h3-12,18H,13-15H2,1-2H3/t18-,21+/m0/s1. The Morgan fingerprint density at radius 1 is 1.08 bits per heavy atom. The Hall–Kier alpha value is -2.66. The minimum absolute atomic E-state index is 0.0967. The van der Waals surface area contributed by atoms with Crippen LogP contribution in [0.5, 0.6) is 0 Å². The Balaban J connectivity index is 1.70. The maximum absolute atomic E-state index is 12.9. The summed E-state index contributed by atoms with van der Waals surface area (Å²) in [4.78, 5) is 26.8. The predicted octanol–water partition coefficient (Wildman–Crippen LogP) is 3.22. The van der Waals surface area contributed by atoms with Crippen LogP contribution in [0, 0.1) is 0 Å². The van der Waals surface area contributed by atoms with Gasteiger partial charge in [0.1, 0.15) is 18.2 Å². The quantitative estimate of drug-likeness (QED) is 0.717. The van der Waals surface area contributed by atoms with Gasteiger partial charge in [0.05, 0.1) is 6.61 Å². The second kappa shape index (κ2) is 7.70. The lowest BCUT2D eigenvalue weighted by molar-refractivity contribution is -0.128. The number of Topliss-reactive ketones (excluding diaryl/α,β-unsaturated/α-hetero) is 1. The maximum atomic E-state index is 12.9. The lowest BCUT2D eigenvalue weighted by atomic mass is 9.94. The molecule has 26 heavy (non-hydrogen) atoms. The van der Waals surface area contributed by atoms with Crippen LogP contribution in [0.25, 0.3) is 0 Å². The molecule has 0 saturated carbocycles. The van der Waals surface area contributed by atoms with Gasteiger partial charge in [-0.15, -0.1) is 0 Å². The largest absolute Gasteiger partial charge is 0.445 e. The molecule has 0 aliphatic carbocycles. The summed E-state index contributed by atoms with van der Waals surface area (Å²) in [5.41, 5.74) is 1.09. The van der Waals surface area contributed by atoms with Gasteiger partial charge in [-0.2, -0.15) is 0 Å². The summed E-state index contributed by atoms with van der Waals surface area (Å²) in [6.45, 7) is 2.32. The van der Waals surface area contributed by atoms with Crippen LogP contribution in [0.4, 0.5) is 4.79 Å². The van der Waals surface area contributed by atoms with Crippen molar-refractivity contribution in [2.75, 3.05) is 13.7 Å².